The van der Waals surface area contributed by atoms with E-state index in [9.17, 15) is 15.0 Å². The van der Waals surface area contributed by atoms with Crippen LogP contribution in [0.1, 0.15) is 43.4 Å². The molecule has 0 saturated heterocycles. The first kappa shape index (κ1) is 24.0. The highest BCUT2D eigenvalue weighted by Gasteiger charge is 2.76. The maximum absolute atomic E-state index is 12.9. The standard InChI is InChI=1S/C24H26ClN5O4S/c1-12(2)8-9-34-23(33)24-10-14(24)18(19(31)20(24)32)30-11-27-17-21(26-3)28-16(29-22(17)30)7-5-13-4-6-15(25)35-13/h4,6,11-12,14,18-20,31-32H,8-10H2,1-3H3,(H,26,28,29)/t14-,18-,19+,20+,24-/m1/s1. The first-order valence-electron chi connectivity index (χ1n) is 11.5. The van der Waals surface area contributed by atoms with Crippen molar-refractivity contribution in [2.24, 2.45) is 17.3 Å². The van der Waals surface area contributed by atoms with Gasteiger partial charge in [0, 0.05) is 13.0 Å². The number of aromatic nitrogens is 4. The molecule has 2 aliphatic rings. The summed E-state index contributed by atoms with van der Waals surface area (Å²) in [7, 11) is 1.73. The molecule has 5 rings (SSSR count). The van der Waals surface area contributed by atoms with Crippen molar-refractivity contribution in [3.63, 3.8) is 0 Å². The number of hydrogen-bond acceptors (Lipinski definition) is 9. The number of anilines is 1. The quantitative estimate of drug-likeness (QED) is 0.338. The zero-order valence-corrected chi connectivity index (χ0v) is 21.1. The molecule has 3 N–H and O–H groups in total. The average Bonchev–Trinajstić information content (AvgIpc) is 3.07. The fourth-order valence-corrected chi connectivity index (χ4v) is 5.80. The van der Waals surface area contributed by atoms with Gasteiger partial charge in [0.1, 0.15) is 11.5 Å². The fraction of sp³-hybridized carbons (Fsp3) is 0.500. The normalized spacial score (nSPS) is 26.9. The van der Waals surface area contributed by atoms with Crippen LogP contribution in [0.15, 0.2) is 18.5 Å². The minimum absolute atomic E-state index is 0.274. The first-order valence-corrected chi connectivity index (χ1v) is 12.7. The molecule has 0 bridgehead atoms. The van der Waals surface area contributed by atoms with Crippen LogP contribution < -0.4 is 5.32 Å². The summed E-state index contributed by atoms with van der Waals surface area (Å²) < 4.78 is 7.85. The molecule has 35 heavy (non-hydrogen) atoms. The molecule has 184 valence electrons. The van der Waals surface area contributed by atoms with Gasteiger partial charge >= 0.3 is 5.97 Å². The Balaban J connectivity index is 1.47. The summed E-state index contributed by atoms with van der Waals surface area (Å²) in [6.07, 6.45) is 0.349. The highest BCUT2D eigenvalue weighted by Crippen LogP contribution is 2.68. The second kappa shape index (κ2) is 9.06. The third-order valence-electron chi connectivity index (χ3n) is 6.83. The average molecular weight is 516 g/mol. The lowest BCUT2D eigenvalue weighted by atomic mass is 9.99. The third-order valence-corrected chi connectivity index (χ3v) is 7.98. The summed E-state index contributed by atoms with van der Waals surface area (Å²) in [5.41, 5.74) is -0.126. The van der Waals surface area contributed by atoms with Crippen molar-refractivity contribution in [3.8, 4) is 11.8 Å². The van der Waals surface area contributed by atoms with Crippen LogP contribution >= 0.6 is 22.9 Å². The molecule has 0 aromatic carbocycles. The summed E-state index contributed by atoms with van der Waals surface area (Å²) in [6, 6.07) is 3.02. The highest BCUT2D eigenvalue weighted by molar-refractivity contribution is 7.16. The van der Waals surface area contributed by atoms with Gasteiger partial charge in [0.15, 0.2) is 17.0 Å². The van der Waals surface area contributed by atoms with Crippen molar-refractivity contribution in [3.05, 3.63) is 33.5 Å². The van der Waals surface area contributed by atoms with E-state index in [4.69, 9.17) is 16.3 Å². The molecule has 2 aliphatic carbocycles. The van der Waals surface area contributed by atoms with Crippen LogP contribution in [0.3, 0.4) is 0 Å². The summed E-state index contributed by atoms with van der Waals surface area (Å²) in [6.45, 7) is 4.40. The molecule has 0 radical (unpaired) electrons. The number of carbonyl (C=O) groups is 1. The van der Waals surface area contributed by atoms with Crippen molar-refractivity contribution >= 4 is 45.9 Å². The van der Waals surface area contributed by atoms with Gasteiger partial charge in [-0.05, 0) is 42.7 Å². The van der Waals surface area contributed by atoms with Crippen LogP contribution in [-0.2, 0) is 9.53 Å². The Morgan fingerprint density at radius 3 is 2.86 bits per heavy atom. The number of carbonyl (C=O) groups excluding carboxylic acids is 1. The molecule has 3 aromatic rings. The van der Waals surface area contributed by atoms with Gasteiger partial charge in [-0.15, -0.1) is 11.3 Å². The number of rotatable bonds is 6. The van der Waals surface area contributed by atoms with E-state index in [1.54, 1.807) is 24.0 Å². The lowest BCUT2D eigenvalue weighted by molar-refractivity contribution is -0.157. The number of nitrogens with one attached hydrogen (secondary N) is 1. The topological polar surface area (TPSA) is 122 Å². The Labute approximate surface area is 211 Å². The van der Waals surface area contributed by atoms with Crippen molar-refractivity contribution in [2.45, 2.75) is 44.9 Å². The Bertz CT molecular complexity index is 1340. The minimum atomic E-state index is -1.23. The molecule has 11 heteroatoms. The number of fused-ring (bicyclic) bond motifs is 2. The second-order valence-corrected chi connectivity index (χ2v) is 11.1. The number of hydrogen-bond donors (Lipinski definition) is 3. The Kier molecular flexibility index (Phi) is 6.21. The number of halogens is 1. The van der Waals surface area contributed by atoms with Crippen LogP contribution in [0, 0.1) is 29.1 Å². The number of ether oxygens (including phenoxy) is 1. The molecular formula is C24H26ClN5O4S. The lowest BCUT2D eigenvalue weighted by Gasteiger charge is -2.23. The van der Waals surface area contributed by atoms with E-state index in [-0.39, 0.29) is 11.7 Å². The molecule has 0 unspecified atom stereocenters. The Hall–Kier alpha value is -2.71. The summed E-state index contributed by atoms with van der Waals surface area (Å²) in [5.74, 6) is 6.40. The van der Waals surface area contributed by atoms with Crippen LogP contribution in [-0.4, -0.2) is 61.6 Å². The van der Waals surface area contributed by atoms with E-state index >= 15 is 0 Å². The van der Waals surface area contributed by atoms with E-state index in [0.29, 0.717) is 40.3 Å². The van der Waals surface area contributed by atoms with E-state index in [0.717, 1.165) is 11.3 Å². The summed E-state index contributed by atoms with van der Waals surface area (Å²) in [5, 5.41) is 24.9. The maximum Gasteiger partial charge on any atom is 0.315 e. The van der Waals surface area contributed by atoms with E-state index in [1.165, 1.54) is 11.3 Å². The van der Waals surface area contributed by atoms with Crippen LogP contribution in [0.5, 0.6) is 0 Å². The van der Waals surface area contributed by atoms with Gasteiger partial charge in [0.25, 0.3) is 0 Å². The predicted molar refractivity (Wildman–Crippen MR) is 132 cm³/mol. The van der Waals surface area contributed by atoms with Gasteiger partial charge in [-0.2, -0.15) is 0 Å². The number of imidazole rings is 1. The van der Waals surface area contributed by atoms with Crippen molar-refractivity contribution in [2.75, 3.05) is 19.0 Å². The molecule has 3 aromatic heterocycles. The molecule has 2 fully saturated rings. The second-order valence-electron chi connectivity index (χ2n) is 9.42. The van der Waals surface area contributed by atoms with E-state index in [1.807, 2.05) is 6.07 Å². The molecule has 2 saturated carbocycles. The number of thiophene rings is 1. The summed E-state index contributed by atoms with van der Waals surface area (Å²) >= 11 is 7.35. The Morgan fingerprint density at radius 1 is 1.37 bits per heavy atom. The minimum Gasteiger partial charge on any atom is -0.465 e. The van der Waals surface area contributed by atoms with E-state index < -0.39 is 29.6 Å². The third kappa shape index (κ3) is 4.06. The number of aliphatic hydroxyl groups excluding tert-OH is 2. The lowest BCUT2D eigenvalue weighted by Crippen LogP contribution is -2.38. The van der Waals surface area contributed by atoms with Crippen LogP contribution in [0.25, 0.3) is 11.2 Å². The highest BCUT2D eigenvalue weighted by atomic mass is 35.5. The molecule has 0 aliphatic heterocycles. The monoisotopic (exact) mass is 515 g/mol. The van der Waals surface area contributed by atoms with Crippen molar-refractivity contribution in [1.82, 2.24) is 19.5 Å². The van der Waals surface area contributed by atoms with Gasteiger partial charge in [-0.25, -0.2) is 15.0 Å². The van der Waals surface area contributed by atoms with Gasteiger partial charge in [-0.1, -0.05) is 25.4 Å². The SMILES string of the molecule is CNc1nc(C#Cc2ccc(Cl)s2)nc2c1ncn2[C@H]1[C@H](O)[C@H](O)[C@@]2(C(=O)OCCC(C)C)C[C@H]12. The molecule has 5 atom stereocenters. The van der Waals surface area contributed by atoms with Gasteiger partial charge < -0.3 is 24.8 Å². The maximum atomic E-state index is 12.9. The number of aliphatic hydroxyl groups is 2. The zero-order chi connectivity index (χ0) is 24.9. The van der Waals surface area contributed by atoms with Crippen LogP contribution in [0.4, 0.5) is 5.82 Å². The van der Waals surface area contributed by atoms with Gasteiger partial charge in [0.2, 0.25) is 5.82 Å². The van der Waals surface area contributed by atoms with E-state index in [2.05, 4.69) is 46.0 Å². The van der Waals surface area contributed by atoms with Crippen molar-refractivity contribution < 1.29 is 19.7 Å². The number of nitrogens with zero attached hydrogens (tertiary/aromatic N) is 4. The molecule has 9 nitrogen and oxygen atoms in total. The smallest absolute Gasteiger partial charge is 0.315 e. The van der Waals surface area contributed by atoms with Gasteiger partial charge in [-0.3, -0.25) is 4.79 Å². The zero-order valence-electron chi connectivity index (χ0n) is 19.5. The molecular weight excluding hydrogens is 490 g/mol. The van der Waals surface area contributed by atoms with Crippen LogP contribution in [0.2, 0.25) is 4.34 Å². The summed E-state index contributed by atoms with van der Waals surface area (Å²) in [4.78, 5) is 27.2. The largest absolute Gasteiger partial charge is 0.465 e. The van der Waals surface area contributed by atoms with Crippen molar-refractivity contribution in [1.29, 1.82) is 0 Å². The fourth-order valence-electron chi connectivity index (χ4n) is 4.90. The Morgan fingerprint density at radius 2 is 2.17 bits per heavy atom. The molecule has 3 heterocycles. The van der Waals surface area contributed by atoms with Gasteiger partial charge in [0.05, 0.1) is 34.3 Å². The molecule has 0 spiro atoms. The molecule has 0 amide bonds. The predicted octanol–water partition coefficient (Wildman–Crippen LogP) is 2.85. The first-order chi connectivity index (χ1) is 16.8. The number of esters is 1.